The molecule has 4 aromatic rings. The fourth-order valence-corrected chi connectivity index (χ4v) is 6.09. The molecule has 1 fully saturated rings. The number of aryl methyl sites for hydroxylation is 2. The van der Waals surface area contributed by atoms with Crippen molar-refractivity contribution in [1.29, 1.82) is 0 Å². The Morgan fingerprint density at radius 2 is 1.44 bits per heavy atom. The van der Waals surface area contributed by atoms with Crippen LogP contribution in [0.2, 0.25) is 0 Å². The van der Waals surface area contributed by atoms with E-state index in [1.807, 2.05) is 6.07 Å². The molecule has 0 unspecified atom stereocenters. The summed E-state index contributed by atoms with van der Waals surface area (Å²) in [6, 6.07) is 21.2. The third kappa shape index (κ3) is 3.05. The van der Waals surface area contributed by atoms with Gasteiger partial charge in [0.15, 0.2) is 0 Å². The van der Waals surface area contributed by atoms with E-state index in [4.69, 9.17) is 4.74 Å². The lowest BCUT2D eigenvalue weighted by atomic mass is 9.89. The van der Waals surface area contributed by atoms with E-state index in [1.165, 1.54) is 38.9 Å². The van der Waals surface area contributed by atoms with Crippen LogP contribution in [-0.2, 0) is 6.42 Å². The highest BCUT2D eigenvalue weighted by Gasteiger charge is 2.30. The number of ether oxygens (including phenoxy) is 1. The number of rotatable bonds is 3. The summed E-state index contributed by atoms with van der Waals surface area (Å²) in [4.78, 5) is 4.92. The summed E-state index contributed by atoms with van der Waals surface area (Å²) in [6.45, 7) is 8.06. The molecule has 0 atom stereocenters. The molecule has 0 bridgehead atoms. The van der Waals surface area contributed by atoms with Gasteiger partial charge in [0.05, 0.1) is 12.8 Å². The highest BCUT2D eigenvalue weighted by atomic mass is 16.5. The third-order valence-electron chi connectivity index (χ3n) is 7.64. The molecule has 1 N–H and O–H groups in total. The zero-order chi connectivity index (χ0) is 23.4. The minimum absolute atomic E-state index is 0.348. The van der Waals surface area contributed by atoms with E-state index in [0.29, 0.717) is 5.75 Å². The van der Waals surface area contributed by atoms with Gasteiger partial charge in [-0.3, -0.25) is 0 Å². The smallest absolute Gasteiger partial charge is 0.146 e. The average molecular weight is 451 g/mol. The maximum absolute atomic E-state index is 11.1. The molecule has 4 heteroatoms. The molecule has 0 amide bonds. The summed E-state index contributed by atoms with van der Waals surface area (Å²) in [5.74, 6) is 1.22. The average Bonchev–Trinajstić information content (AvgIpc) is 3.24. The van der Waals surface area contributed by atoms with Crippen LogP contribution in [0, 0.1) is 13.8 Å². The second-order valence-electron chi connectivity index (χ2n) is 9.46. The Morgan fingerprint density at radius 3 is 2.18 bits per heavy atom. The first-order valence-corrected chi connectivity index (χ1v) is 12.1. The number of piperazine rings is 1. The summed E-state index contributed by atoms with van der Waals surface area (Å²) >= 11 is 0. The molecule has 1 heterocycles. The molecule has 0 spiro atoms. The van der Waals surface area contributed by atoms with E-state index < -0.39 is 0 Å². The molecule has 1 aliphatic heterocycles. The van der Waals surface area contributed by atoms with E-state index in [9.17, 15) is 5.11 Å². The number of aromatic hydroxyl groups is 1. The molecule has 34 heavy (non-hydrogen) atoms. The van der Waals surface area contributed by atoms with Crippen molar-refractivity contribution in [2.24, 2.45) is 0 Å². The van der Waals surface area contributed by atoms with Crippen molar-refractivity contribution >= 4 is 22.1 Å². The van der Waals surface area contributed by atoms with Crippen molar-refractivity contribution in [3.63, 3.8) is 0 Å². The Hall–Kier alpha value is -3.66. The van der Waals surface area contributed by atoms with Gasteiger partial charge in [0.2, 0.25) is 0 Å². The van der Waals surface area contributed by atoms with Crippen LogP contribution in [0.5, 0.6) is 11.5 Å². The highest BCUT2D eigenvalue weighted by molar-refractivity contribution is 6.10. The van der Waals surface area contributed by atoms with Gasteiger partial charge < -0.3 is 19.6 Å². The van der Waals surface area contributed by atoms with E-state index >= 15 is 0 Å². The topological polar surface area (TPSA) is 35.9 Å². The van der Waals surface area contributed by atoms with Crippen molar-refractivity contribution in [1.82, 2.24) is 0 Å². The number of nitrogens with zero attached hydrogens (tertiary/aromatic N) is 2. The normalized spacial score (nSPS) is 14.9. The molecule has 0 radical (unpaired) electrons. The Kier molecular flexibility index (Phi) is 4.91. The summed E-state index contributed by atoms with van der Waals surface area (Å²) in [7, 11) is 1.75. The second kappa shape index (κ2) is 7.98. The number of fused-ring (bicyclic) bond motifs is 5. The van der Waals surface area contributed by atoms with Crippen LogP contribution in [0.3, 0.4) is 0 Å². The van der Waals surface area contributed by atoms with Gasteiger partial charge in [-0.15, -0.1) is 0 Å². The maximum Gasteiger partial charge on any atom is 0.146 e. The van der Waals surface area contributed by atoms with Gasteiger partial charge in [-0.1, -0.05) is 42.5 Å². The van der Waals surface area contributed by atoms with Crippen LogP contribution < -0.4 is 14.5 Å². The number of para-hydroxylation sites is 1. The predicted molar refractivity (Wildman–Crippen MR) is 141 cm³/mol. The number of anilines is 2. The molecule has 1 aliphatic carbocycles. The summed E-state index contributed by atoms with van der Waals surface area (Å²) < 4.78 is 6.01. The molecule has 1 saturated heterocycles. The van der Waals surface area contributed by atoms with Crippen molar-refractivity contribution < 1.29 is 9.84 Å². The van der Waals surface area contributed by atoms with Crippen molar-refractivity contribution in [3.05, 3.63) is 82.9 Å². The molecular weight excluding hydrogens is 420 g/mol. The van der Waals surface area contributed by atoms with Gasteiger partial charge in [0.1, 0.15) is 11.5 Å². The Bertz CT molecular complexity index is 1400. The number of hydrogen-bond acceptors (Lipinski definition) is 4. The number of benzene rings is 4. The molecule has 0 aromatic heterocycles. The lowest BCUT2D eigenvalue weighted by molar-refractivity contribution is 0.410. The largest absolute Gasteiger partial charge is 0.507 e. The Labute approximate surface area is 201 Å². The number of phenols is 1. The van der Waals surface area contributed by atoms with E-state index in [2.05, 4.69) is 78.2 Å². The van der Waals surface area contributed by atoms with Gasteiger partial charge in [0.25, 0.3) is 0 Å². The standard InChI is InChI=1S/C30H30N2O2/c1-19-27-26(25(33)18-22-17-21-9-7-8-12-24(21)28(22)27)20(2)30(34-3)29(19)32-15-13-31(14-16-32)23-10-5-4-6-11-23/h4-12,18,33H,13-17H2,1-3H3. The summed E-state index contributed by atoms with van der Waals surface area (Å²) in [5, 5.41) is 13.2. The molecule has 4 aromatic carbocycles. The van der Waals surface area contributed by atoms with Crippen LogP contribution >= 0.6 is 0 Å². The molecular formula is C30H30N2O2. The van der Waals surface area contributed by atoms with Crippen LogP contribution in [0.25, 0.3) is 21.9 Å². The zero-order valence-electron chi connectivity index (χ0n) is 20.1. The van der Waals surface area contributed by atoms with Crippen LogP contribution in [-0.4, -0.2) is 38.4 Å². The van der Waals surface area contributed by atoms with Gasteiger partial charge in [-0.25, -0.2) is 0 Å². The number of hydrogen-bond donors (Lipinski definition) is 1. The van der Waals surface area contributed by atoms with Crippen molar-refractivity contribution in [2.45, 2.75) is 20.3 Å². The number of methoxy groups -OCH3 is 1. The van der Waals surface area contributed by atoms with Crippen LogP contribution in [0.1, 0.15) is 22.3 Å². The van der Waals surface area contributed by atoms with Crippen molar-refractivity contribution in [3.8, 4) is 22.6 Å². The van der Waals surface area contributed by atoms with Crippen LogP contribution in [0.4, 0.5) is 11.4 Å². The van der Waals surface area contributed by atoms with E-state index in [-0.39, 0.29) is 0 Å². The van der Waals surface area contributed by atoms with Gasteiger partial charge >= 0.3 is 0 Å². The van der Waals surface area contributed by atoms with Gasteiger partial charge in [0, 0.05) is 42.8 Å². The minimum Gasteiger partial charge on any atom is -0.507 e. The van der Waals surface area contributed by atoms with Crippen molar-refractivity contribution in [2.75, 3.05) is 43.1 Å². The fraction of sp³-hybridized carbons (Fsp3) is 0.267. The van der Waals surface area contributed by atoms with Crippen LogP contribution in [0.15, 0.2) is 60.7 Å². The first kappa shape index (κ1) is 20.9. The highest BCUT2D eigenvalue weighted by Crippen LogP contribution is 2.51. The minimum atomic E-state index is 0.348. The van der Waals surface area contributed by atoms with Gasteiger partial charge in [-0.05, 0) is 71.7 Å². The first-order valence-electron chi connectivity index (χ1n) is 12.1. The van der Waals surface area contributed by atoms with E-state index in [1.54, 1.807) is 7.11 Å². The lowest BCUT2D eigenvalue weighted by Crippen LogP contribution is -2.47. The Morgan fingerprint density at radius 1 is 0.765 bits per heavy atom. The lowest BCUT2D eigenvalue weighted by Gasteiger charge is -2.39. The molecule has 2 aliphatic rings. The number of phenolic OH excluding ortho intramolecular Hbond substituents is 1. The second-order valence-corrected chi connectivity index (χ2v) is 9.46. The first-order chi connectivity index (χ1) is 16.6. The Balaban J connectivity index is 1.50. The molecule has 0 saturated carbocycles. The summed E-state index contributed by atoms with van der Waals surface area (Å²) in [6.07, 6.45) is 0.866. The molecule has 4 nitrogen and oxygen atoms in total. The van der Waals surface area contributed by atoms with Gasteiger partial charge in [-0.2, -0.15) is 0 Å². The quantitative estimate of drug-likeness (QED) is 0.362. The monoisotopic (exact) mass is 450 g/mol. The fourth-order valence-electron chi connectivity index (χ4n) is 6.09. The predicted octanol–water partition coefficient (Wildman–Crippen LogP) is 6.07. The van der Waals surface area contributed by atoms with E-state index in [0.717, 1.165) is 55.0 Å². The summed E-state index contributed by atoms with van der Waals surface area (Å²) in [5.41, 5.74) is 9.74. The maximum atomic E-state index is 11.1. The zero-order valence-corrected chi connectivity index (χ0v) is 20.1. The molecule has 172 valence electrons. The third-order valence-corrected chi connectivity index (χ3v) is 7.64. The SMILES string of the molecule is COc1c(N2CCN(c3ccccc3)CC2)c(C)c2c3c(cc(O)c2c1C)Cc1ccccc1-3. The molecule has 6 rings (SSSR count).